The lowest BCUT2D eigenvalue weighted by atomic mass is 9.99. The quantitative estimate of drug-likeness (QED) is 0.868. The molecule has 3 nitrogen and oxygen atoms in total. The summed E-state index contributed by atoms with van der Waals surface area (Å²) >= 11 is 1.62. The molecule has 1 aromatic heterocycles. The third kappa shape index (κ3) is 4.86. The predicted molar refractivity (Wildman–Crippen MR) is 91.0 cm³/mol. The fraction of sp³-hybridized carbons (Fsp3) is 0.375. The van der Waals surface area contributed by atoms with Crippen LogP contribution in [0.3, 0.4) is 0 Å². The molecule has 0 unspecified atom stereocenters. The van der Waals surface area contributed by atoms with Crippen molar-refractivity contribution in [2.45, 2.75) is 12.4 Å². The second-order valence-corrected chi connectivity index (χ2v) is 6.14. The average Bonchev–Trinajstić information content (AvgIpc) is 3.03. The fourth-order valence-electron chi connectivity index (χ4n) is 2.84. The lowest BCUT2D eigenvalue weighted by Crippen LogP contribution is -2.45. The molecule has 24 heavy (non-hydrogen) atoms. The minimum atomic E-state index is -4.66. The second-order valence-electron chi connectivity index (χ2n) is 5.36. The van der Waals surface area contributed by atoms with E-state index >= 15 is 0 Å². The van der Waals surface area contributed by atoms with Crippen LogP contribution >= 0.6 is 23.7 Å². The molecule has 0 amide bonds. The van der Waals surface area contributed by atoms with Crippen LogP contribution in [0.2, 0.25) is 0 Å². The normalized spacial score (nSPS) is 17.1. The van der Waals surface area contributed by atoms with E-state index in [1.54, 1.807) is 23.5 Å². The third-order valence-corrected chi connectivity index (χ3v) is 4.51. The summed E-state index contributed by atoms with van der Waals surface area (Å²) in [6, 6.07) is 8.31. The van der Waals surface area contributed by atoms with Crippen molar-refractivity contribution in [2.24, 2.45) is 0 Å². The summed E-state index contributed by atoms with van der Waals surface area (Å²) in [5, 5.41) is 7.43. The molecule has 8 heteroatoms. The lowest BCUT2D eigenvalue weighted by Gasteiger charge is -2.35. The van der Waals surface area contributed by atoms with E-state index in [1.807, 2.05) is 5.38 Å². The van der Waals surface area contributed by atoms with Crippen LogP contribution in [0.15, 0.2) is 41.1 Å². The van der Waals surface area contributed by atoms with Gasteiger partial charge in [-0.1, -0.05) is 12.1 Å². The Kier molecular flexibility index (Phi) is 6.51. The molecule has 2 heterocycles. The molecule has 2 aromatic rings. The number of benzene rings is 1. The number of halogens is 4. The number of piperazine rings is 1. The van der Waals surface area contributed by atoms with Crippen LogP contribution in [0.4, 0.5) is 13.2 Å². The summed E-state index contributed by atoms with van der Waals surface area (Å²) in [4.78, 5) is 2.35. The zero-order valence-corrected chi connectivity index (χ0v) is 14.4. The van der Waals surface area contributed by atoms with E-state index < -0.39 is 6.36 Å². The van der Waals surface area contributed by atoms with Crippen LogP contribution in [0.25, 0.3) is 0 Å². The van der Waals surface area contributed by atoms with Crippen LogP contribution in [0.1, 0.15) is 17.2 Å². The molecule has 1 aliphatic heterocycles. The number of alkyl halides is 3. The van der Waals surface area contributed by atoms with Gasteiger partial charge in [0.15, 0.2) is 0 Å². The number of hydrogen-bond acceptors (Lipinski definition) is 4. The Morgan fingerprint density at radius 2 is 1.71 bits per heavy atom. The first-order valence-corrected chi connectivity index (χ1v) is 8.30. The van der Waals surface area contributed by atoms with Crippen molar-refractivity contribution in [1.29, 1.82) is 0 Å². The van der Waals surface area contributed by atoms with Gasteiger partial charge in [-0.2, -0.15) is 11.3 Å². The van der Waals surface area contributed by atoms with Gasteiger partial charge in [-0.3, -0.25) is 4.90 Å². The molecule has 0 bridgehead atoms. The van der Waals surface area contributed by atoms with E-state index in [-0.39, 0.29) is 24.2 Å². The molecular formula is C16H18ClF3N2OS. The first-order chi connectivity index (χ1) is 11.0. The van der Waals surface area contributed by atoms with Crippen molar-refractivity contribution in [2.75, 3.05) is 26.2 Å². The highest BCUT2D eigenvalue weighted by Gasteiger charge is 2.31. The highest BCUT2D eigenvalue weighted by Crippen LogP contribution is 2.32. The molecule has 1 saturated heterocycles. The van der Waals surface area contributed by atoms with Crippen molar-refractivity contribution >= 4 is 23.7 Å². The number of hydrogen-bond donors (Lipinski definition) is 1. The third-order valence-electron chi connectivity index (χ3n) is 3.81. The molecule has 1 fully saturated rings. The number of nitrogens with zero attached hydrogens (tertiary/aromatic N) is 1. The Hall–Kier alpha value is -1.28. The van der Waals surface area contributed by atoms with Gasteiger partial charge in [0.1, 0.15) is 5.75 Å². The Morgan fingerprint density at radius 3 is 2.25 bits per heavy atom. The van der Waals surface area contributed by atoms with Crippen molar-refractivity contribution in [3.05, 3.63) is 52.2 Å². The molecule has 0 aliphatic carbocycles. The second kappa shape index (κ2) is 8.20. The first-order valence-electron chi connectivity index (χ1n) is 7.35. The minimum Gasteiger partial charge on any atom is -0.406 e. The maximum Gasteiger partial charge on any atom is 0.573 e. The highest BCUT2D eigenvalue weighted by molar-refractivity contribution is 7.08. The van der Waals surface area contributed by atoms with Gasteiger partial charge in [0.2, 0.25) is 0 Å². The van der Waals surface area contributed by atoms with E-state index in [0.29, 0.717) is 0 Å². The van der Waals surface area contributed by atoms with Gasteiger partial charge < -0.3 is 10.1 Å². The molecule has 3 rings (SSSR count). The van der Waals surface area contributed by atoms with Crippen molar-refractivity contribution in [1.82, 2.24) is 10.2 Å². The molecule has 1 atom stereocenters. The Labute approximate surface area is 148 Å². The first kappa shape index (κ1) is 19.1. The summed E-state index contributed by atoms with van der Waals surface area (Å²) in [5.41, 5.74) is 2.14. The van der Waals surface area contributed by atoms with E-state index in [4.69, 9.17) is 0 Å². The summed E-state index contributed by atoms with van der Waals surface area (Å²) in [6.07, 6.45) is -4.66. The molecule has 1 N–H and O–H groups in total. The molecule has 0 saturated carbocycles. The summed E-state index contributed by atoms with van der Waals surface area (Å²) in [6.45, 7) is 3.63. The van der Waals surface area contributed by atoms with Gasteiger partial charge in [-0.25, -0.2) is 0 Å². The summed E-state index contributed by atoms with van der Waals surface area (Å²) in [7, 11) is 0. The SMILES string of the molecule is Cl.FC(F)(F)Oc1ccc([C@@H](c2ccsc2)N2CCNCC2)cc1. The lowest BCUT2D eigenvalue weighted by molar-refractivity contribution is -0.274. The Bertz CT molecular complexity index is 613. The maximum atomic E-state index is 12.3. The van der Waals surface area contributed by atoms with E-state index in [9.17, 15) is 13.2 Å². The highest BCUT2D eigenvalue weighted by atomic mass is 35.5. The van der Waals surface area contributed by atoms with E-state index in [2.05, 4.69) is 26.4 Å². The summed E-state index contributed by atoms with van der Waals surface area (Å²) < 4.78 is 40.8. The van der Waals surface area contributed by atoms with E-state index in [0.717, 1.165) is 31.7 Å². The van der Waals surface area contributed by atoms with E-state index in [1.165, 1.54) is 17.7 Å². The van der Waals surface area contributed by atoms with Crippen molar-refractivity contribution in [3.63, 3.8) is 0 Å². The molecule has 1 aliphatic rings. The standard InChI is InChI=1S/C16H17F3N2OS.ClH/c17-16(18,19)22-14-3-1-12(2-4-14)15(13-5-10-23-11-13)21-8-6-20-7-9-21;/h1-5,10-11,15,20H,6-9H2;1H/t15-;/m0./s1. The molecule has 1 aromatic carbocycles. The molecule has 0 spiro atoms. The zero-order valence-electron chi connectivity index (χ0n) is 12.8. The number of nitrogens with one attached hydrogen (secondary N) is 1. The van der Waals surface area contributed by atoms with Crippen LogP contribution in [-0.4, -0.2) is 37.4 Å². The van der Waals surface area contributed by atoms with Crippen molar-refractivity contribution < 1.29 is 17.9 Å². The number of thiophene rings is 1. The molecule has 132 valence electrons. The summed E-state index contributed by atoms with van der Waals surface area (Å²) in [5.74, 6) is -0.189. The van der Waals surface area contributed by atoms with Gasteiger partial charge in [0, 0.05) is 26.2 Å². The molecule has 0 radical (unpaired) electrons. The molecular weight excluding hydrogens is 361 g/mol. The van der Waals surface area contributed by atoms with Gasteiger partial charge in [-0.05, 0) is 40.1 Å². The monoisotopic (exact) mass is 378 g/mol. The Morgan fingerprint density at radius 1 is 1.04 bits per heavy atom. The minimum absolute atomic E-state index is 0. The number of rotatable bonds is 4. The average molecular weight is 379 g/mol. The Balaban J connectivity index is 0.00000208. The van der Waals surface area contributed by atoms with Crippen LogP contribution < -0.4 is 10.1 Å². The van der Waals surface area contributed by atoms with Crippen LogP contribution in [-0.2, 0) is 0 Å². The number of ether oxygens (including phenoxy) is 1. The van der Waals surface area contributed by atoms with Gasteiger partial charge in [0.05, 0.1) is 6.04 Å². The van der Waals surface area contributed by atoms with Gasteiger partial charge in [0.25, 0.3) is 0 Å². The van der Waals surface area contributed by atoms with Crippen molar-refractivity contribution in [3.8, 4) is 5.75 Å². The van der Waals surface area contributed by atoms with Crippen LogP contribution in [0.5, 0.6) is 5.75 Å². The topological polar surface area (TPSA) is 24.5 Å². The zero-order chi connectivity index (χ0) is 16.3. The van der Waals surface area contributed by atoms with Crippen LogP contribution in [0, 0.1) is 0 Å². The maximum absolute atomic E-state index is 12.3. The van der Waals surface area contributed by atoms with Gasteiger partial charge in [-0.15, -0.1) is 25.6 Å². The van der Waals surface area contributed by atoms with Gasteiger partial charge >= 0.3 is 6.36 Å². The predicted octanol–water partition coefficient (Wildman–Crippen LogP) is 4.06. The smallest absolute Gasteiger partial charge is 0.406 e. The fourth-order valence-corrected chi connectivity index (χ4v) is 3.52. The largest absolute Gasteiger partial charge is 0.573 e.